The van der Waals surface area contributed by atoms with Gasteiger partial charge in [-0.25, -0.2) is 0 Å². The molecule has 3 nitrogen and oxygen atoms in total. The number of alkyl halides is 1. The molecular formula is C16H16Cl2O3. The van der Waals surface area contributed by atoms with E-state index in [4.69, 9.17) is 37.4 Å². The second-order valence-electron chi connectivity index (χ2n) is 4.34. The minimum absolute atomic E-state index is 0.334. The highest BCUT2D eigenvalue weighted by atomic mass is 35.5. The van der Waals surface area contributed by atoms with Crippen LogP contribution in [0.4, 0.5) is 0 Å². The van der Waals surface area contributed by atoms with E-state index in [9.17, 15) is 0 Å². The van der Waals surface area contributed by atoms with E-state index in [1.54, 1.807) is 20.3 Å². The van der Waals surface area contributed by atoms with Gasteiger partial charge in [-0.05, 0) is 23.8 Å². The van der Waals surface area contributed by atoms with Crippen molar-refractivity contribution < 1.29 is 14.2 Å². The van der Waals surface area contributed by atoms with Crippen LogP contribution < -0.4 is 14.2 Å². The Morgan fingerprint density at radius 1 is 1.00 bits per heavy atom. The van der Waals surface area contributed by atoms with Gasteiger partial charge in [-0.15, -0.1) is 11.6 Å². The summed E-state index contributed by atoms with van der Waals surface area (Å²) in [6.45, 7) is 0.334. The van der Waals surface area contributed by atoms with Gasteiger partial charge in [-0.3, -0.25) is 0 Å². The third-order valence-corrected chi connectivity index (χ3v) is 3.60. The van der Waals surface area contributed by atoms with Crippen molar-refractivity contribution in [2.75, 3.05) is 14.2 Å². The van der Waals surface area contributed by atoms with E-state index < -0.39 is 0 Å². The molecule has 0 aliphatic rings. The average Bonchev–Trinajstić information content (AvgIpc) is 2.53. The highest BCUT2D eigenvalue weighted by Gasteiger charge is 2.13. The molecule has 2 aromatic carbocycles. The van der Waals surface area contributed by atoms with Gasteiger partial charge in [0.25, 0.3) is 0 Å². The molecule has 2 aromatic rings. The quantitative estimate of drug-likeness (QED) is 0.721. The van der Waals surface area contributed by atoms with Crippen LogP contribution in [0.1, 0.15) is 11.1 Å². The third kappa shape index (κ3) is 3.74. The summed E-state index contributed by atoms with van der Waals surface area (Å²) in [5.74, 6) is 2.19. The van der Waals surface area contributed by atoms with E-state index >= 15 is 0 Å². The number of benzene rings is 2. The zero-order chi connectivity index (χ0) is 15.2. The smallest absolute Gasteiger partial charge is 0.180 e. The number of ether oxygens (including phenoxy) is 3. The zero-order valence-corrected chi connectivity index (χ0v) is 13.4. The van der Waals surface area contributed by atoms with E-state index in [0.29, 0.717) is 29.0 Å². The van der Waals surface area contributed by atoms with Crippen LogP contribution in [0.5, 0.6) is 17.2 Å². The van der Waals surface area contributed by atoms with Gasteiger partial charge in [-0.1, -0.05) is 29.8 Å². The van der Waals surface area contributed by atoms with Crippen molar-refractivity contribution in [1.29, 1.82) is 0 Å². The molecule has 0 fully saturated rings. The van der Waals surface area contributed by atoms with E-state index in [2.05, 4.69) is 0 Å². The fourth-order valence-electron chi connectivity index (χ4n) is 1.96. The lowest BCUT2D eigenvalue weighted by molar-refractivity contribution is 0.278. The fourth-order valence-corrected chi connectivity index (χ4v) is 2.40. The number of methoxy groups -OCH3 is 2. The lowest BCUT2D eigenvalue weighted by Gasteiger charge is -2.15. The summed E-state index contributed by atoms with van der Waals surface area (Å²) >= 11 is 12.1. The van der Waals surface area contributed by atoms with E-state index in [1.165, 1.54) is 0 Å². The van der Waals surface area contributed by atoms with Crippen molar-refractivity contribution in [2.45, 2.75) is 12.5 Å². The molecule has 0 amide bonds. The van der Waals surface area contributed by atoms with Crippen LogP contribution in [0.2, 0.25) is 5.02 Å². The Balaban J connectivity index is 2.23. The summed E-state index contributed by atoms with van der Waals surface area (Å²) < 4.78 is 16.4. The molecule has 0 heterocycles. The van der Waals surface area contributed by atoms with Crippen LogP contribution in [0.25, 0.3) is 0 Å². The monoisotopic (exact) mass is 326 g/mol. The Hall–Kier alpha value is -1.58. The number of halogens is 2. The summed E-state index contributed by atoms with van der Waals surface area (Å²) in [5, 5.41) is 0.472. The van der Waals surface area contributed by atoms with Gasteiger partial charge in [0, 0.05) is 11.4 Å². The van der Waals surface area contributed by atoms with E-state index in [1.807, 2.05) is 30.3 Å². The van der Waals surface area contributed by atoms with Crippen LogP contribution in [0.3, 0.4) is 0 Å². The summed E-state index contributed by atoms with van der Waals surface area (Å²) in [6.07, 6.45) is 0. The van der Waals surface area contributed by atoms with Crippen molar-refractivity contribution in [3.63, 3.8) is 0 Å². The summed E-state index contributed by atoms with van der Waals surface area (Å²) in [5.41, 5.74) is 1.81. The average molecular weight is 327 g/mol. The molecule has 0 unspecified atom stereocenters. The van der Waals surface area contributed by atoms with Gasteiger partial charge in [0.1, 0.15) is 12.4 Å². The molecule has 2 rings (SSSR count). The maximum atomic E-state index is 6.24. The Morgan fingerprint density at radius 2 is 1.71 bits per heavy atom. The lowest BCUT2D eigenvalue weighted by Crippen LogP contribution is -2.01. The first-order chi connectivity index (χ1) is 10.2. The molecular weight excluding hydrogens is 311 g/mol. The van der Waals surface area contributed by atoms with Crippen LogP contribution in [0, 0.1) is 0 Å². The molecule has 0 radical (unpaired) electrons. The second-order valence-corrected chi connectivity index (χ2v) is 5.02. The van der Waals surface area contributed by atoms with Gasteiger partial charge < -0.3 is 14.2 Å². The molecule has 0 bridgehead atoms. The molecule has 5 heteroatoms. The Kier molecular flexibility index (Phi) is 5.59. The van der Waals surface area contributed by atoms with Gasteiger partial charge in [0.15, 0.2) is 11.5 Å². The number of para-hydroxylation sites is 1. The first kappa shape index (κ1) is 15.8. The summed E-state index contributed by atoms with van der Waals surface area (Å²) in [7, 11) is 3.20. The number of hydrogen-bond donors (Lipinski definition) is 0. The maximum Gasteiger partial charge on any atom is 0.180 e. The second kappa shape index (κ2) is 7.43. The van der Waals surface area contributed by atoms with Gasteiger partial charge in [-0.2, -0.15) is 0 Å². The molecule has 112 valence electrons. The SMILES string of the molecule is COc1ccccc1COc1c(Cl)cc(CCl)cc1OC. The maximum absolute atomic E-state index is 6.24. The van der Waals surface area contributed by atoms with Gasteiger partial charge in [0.2, 0.25) is 0 Å². The number of rotatable bonds is 6. The molecule has 0 aliphatic carbocycles. The molecule has 0 aliphatic heterocycles. The van der Waals surface area contributed by atoms with Crippen LogP contribution in [0.15, 0.2) is 36.4 Å². The molecule has 0 saturated carbocycles. The third-order valence-electron chi connectivity index (χ3n) is 3.01. The van der Waals surface area contributed by atoms with E-state index in [-0.39, 0.29) is 0 Å². The largest absolute Gasteiger partial charge is 0.496 e. The molecule has 0 saturated heterocycles. The molecule has 0 atom stereocenters. The molecule has 21 heavy (non-hydrogen) atoms. The highest BCUT2D eigenvalue weighted by Crippen LogP contribution is 2.37. The normalized spacial score (nSPS) is 10.3. The van der Waals surface area contributed by atoms with E-state index in [0.717, 1.165) is 16.9 Å². The van der Waals surface area contributed by atoms with Crippen molar-refractivity contribution in [2.24, 2.45) is 0 Å². The van der Waals surface area contributed by atoms with Crippen molar-refractivity contribution in [3.05, 3.63) is 52.5 Å². The highest BCUT2D eigenvalue weighted by molar-refractivity contribution is 6.32. The van der Waals surface area contributed by atoms with Crippen LogP contribution >= 0.6 is 23.2 Å². The Bertz CT molecular complexity index is 614. The topological polar surface area (TPSA) is 27.7 Å². The Morgan fingerprint density at radius 3 is 2.38 bits per heavy atom. The van der Waals surface area contributed by atoms with Gasteiger partial charge in [0.05, 0.1) is 19.2 Å². The number of hydrogen-bond acceptors (Lipinski definition) is 3. The Labute approximate surface area is 134 Å². The first-order valence-electron chi connectivity index (χ1n) is 6.36. The fraction of sp³-hybridized carbons (Fsp3) is 0.250. The zero-order valence-electron chi connectivity index (χ0n) is 11.9. The van der Waals surface area contributed by atoms with Crippen molar-refractivity contribution in [1.82, 2.24) is 0 Å². The predicted molar refractivity (Wildman–Crippen MR) is 84.9 cm³/mol. The predicted octanol–water partition coefficient (Wildman–Crippen LogP) is 4.68. The van der Waals surface area contributed by atoms with Crippen LogP contribution in [-0.4, -0.2) is 14.2 Å². The minimum Gasteiger partial charge on any atom is -0.496 e. The summed E-state index contributed by atoms with van der Waals surface area (Å²) in [6, 6.07) is 11.2. The first-order valence-corrected chi connectivity index (χ1v) is 7.28. The van der Waals surface area contributed by atoms with Crippen LogP contribution in [-0.2, 0) is 12.5 Å². The summed E-state index contributed by atoms with van der Waals surface area (Å²) in [4.78, 5) is 0. The van der Waals surface area contributed by atoms with Crippen molar-refractivity contribution in [3.8, 4) is 17.2 Å². The van der Waals surface area contributed by atoms with Gasteiger partial charge >= 0.3 is 0 Å². The van der Waals surface area contributed by atoms with Crippen molar-refractivity contribution >= 4 is 23.2 Å². The molecule has 0 N–H and O–H groups in total. The lowest BCUT2D eigenvalue weighted by atomic mass is 10.2. The molecule has 0 spiro atoms. The molecule has 0 aromatic heterocycles. The standard InChI is InChI=1S/C16H16Cl2O3/c1-19-14-6-4-3-5-12(14)10-21-16-13(18)7-11(9-17)8-15(16)20-2/h3-8H,9-10H2,1-2H3. The minimum atomic E-state index is 0.334.